The summed E-state index contributed by atoms with van der Waals surface area (Å²) in [6.07, 6.45) is 6.33. The zero-order valence-electron chi connectivity index (χ0n) is 10.8. The lowest BCUT2D eigenvalue weighted by Crippen LogP contribution is -2.33. The molecule has 1 fully saturated rings. The van der Waals surface area contributed by atoms with Crippen molar-refractivity contribution in [3.05, 3.63) is 30.4 Å². The van der Waals surface area contributed by atoms with E-state index >= 15 is 0 Å². The molecule has 18 heavy (non-hydrogen) atoms. The van der Waals surface area contributed by atoms with E-state index in [4.69, 9.17) is 5.73 Å². The molecule has 2 aromatic heterocycles. The molecular formula is C14H20N4. The molecule has 0 bridgehead atoms. The predicted molar refractivity (Wildman–Crippen MR) is 73.7 cm³/mol. The summed E-state index contributed by atoms with van der Waals surface area (Å²) in [5, 5.41) is 0. The van der Waals surface area contributed by atoms with Crippen LogP contribution in [0.5, 0.6) is 0 Å². The summed E-state index contributed by atoms with van der Waals surface area (Å²) >= 11 is 0. The third kappa shape index (κ3) is 1.97. The molecule has 1 aliphatic rings. The van der Waals surface area contributed by atoms with E-state index in [-0.39, 0.29) is 0 Å². The largest absolute Gasteiger partial charge is 0.398 e. The van der Waals surface area contributed by atoms with Gasteiger partial charge in [0.1, 0.15) is 5.82 Å². The number of piperidine rings is 1. The first-order chi connectivity index (χ1) is 8.78. The fourth-order valence-corrected chi connectivity index (χ4v) is 2.84. The highest BCUT2D eigenvalue weighted by Gasteiger charge is 2.22. The Bertz CT molecular complexity index is 538. The van der Waals surface area contributed by atoms with Gasteiger partial charge in [-0.15, -0.1) is 0 Å². The van der Waals surface area contributed by atoms with Gasteiger partial charge in [0.05, 0.1) is 11.7 Å². The minimum absolute atomic E-state index is 0.567. The third-order valence-corrected chi connectivity index (χ3v) is 3.98. The van der Waals surface area contributed by atoms with Gasteiger partial charge in [0.2, 0.25) is 0 Å². The van der Waals surface area contributed by atoms with E-state index in [1.54, 1.807) is 0 Å². The van der Waals surface area contributed by atoms with Gasteiger partial charge in [0, 0.05) is 17.8 Å². The van der Waals surface area contributed by atoms with Crippen LogP contribution in [0.2, 0.25) is 0 Å². The number of hydrogen-bond acceptors (Lipinski definition) is 3. The molecule has 96 valence electrons. The number of imidazole rings is 1. The van der Waals surface area contributed by atoms with Gasteiger partial charge in [-0.05, 0) is 44.6 Å². The van der Waals surface area contributed by atoms with Crippen LogP contribution in [-0.4, -0.2) is 33.9 Å². The van der Waals surface area contributed by atoms with Crippen LogP contribution in [0.3, 0.4) is 0 Å². The second kappa shape index (κ2) is 4.61. The van der Waals surface area contributed by atoms with Crippen LogP contribution in [0.1, 0.15) is 31.5 Å². The molecule has 0 amide bonds. The fraction of sp³-hybridized carbons (Fsp3) is 0.500. The van der Waals surface area contributed by atoms with Gasteiger partial charge in [-0.2, -0.15) is 0 Å². The van der Waals surface area contributed by atoms with Gasteiger partial charge in [0.15, 0.2) is 0 Å². The molecular weight excluding hydrogens is 224 g/mol. The molecule has 0 atom stereocenters. The van der Waals surface area contributed by atoms with Crippen LogP contribution < -0.4 is 5.73 Å². The van der Waals surface area contributed by atoms with Crippen LogP contribution in [0, 0.1) is 0 Å². The van der Waals surface area contributed by atoms with E-state index in [1.165, 1.54) is 31.8 Å². The summed E-state index contributed by atoms with van der Waals surface area (Å²) in [6.45, 7) is 5.74. The monoisotopic (exact) mass is 244 g/mol. The molecule has 0 aliphatic carbocycles. The Morgan fingerprint density at radius 3 is 2.83 bits per heavy atom. The second-order valence-corrected chi connectivity index (χ2v) is 5.08. The lowest BCUT2D eigenvalue weighted by atomic mass is 9.96. The molecule has 0 spiro atoms. The number of pyridine rings is 1. The van der Waals surface area contributed by atoms with E-state index in [9.17, 15) is 0 Å². The Morgan fingerprint density at radius 1 is 1.33 bits per heavy atom. The number of fused-ring (bicyclic) bond motifs is 1. The van der Waals surface area contributed by atoms with Gasteiger partial charge < -0.3 is 15.0 Å². The summed E-state index contributed by atoms with van der Waals surface area (Å²) in [5.41, 5.74) is 7.80. The molecule has 0 saturated carbocycles. The van der Waals surface area contributed by atoms with Gasteiger partial charge in [-0.1, -0.05) is 6.92 Å². The van der Waals surface area contributed by atoms with Crippen molar-refractivity contribution in [2.24, 2.45) is 0 Å². The molecule has 2 aromatic rings. The minimum Gasteiger partial charge on any atom is -0.398 e. The maximum Gasteiger partial charge on any atom is 0.116 e. The van der Waals surface area contributed by atoms with Gasteiger partial charge in [0.25, 0.3) is 0 Å². The molecule has 2 N–H and O–H groups in total. The first-order valence-electron chi connectivity index (χ1n) is 6.72. The number of rotatable bonds is 2. The average molecular weight is 244 g/mol. The Morgan fingerprint density at radius 2 is 2.11 bits per heavy atom. The summed E-state index contributed by atoms with van der Waals surface area (Å²) in [6, 6.07) is 3.97. The summed E-state index contributed by atoms with van der Waals surface area (Å²) in [4.78, 5) is 7.10. The van der Waals surface area contributed by atoms with E-state index in [1.807, 2.05) is 24.5 Å². The molecule has 1 aliphatic heterocycles. The van der Waals surface area contributed by atoms with E-state index in [0.29, 0.717) is 5.92 Å². The first-order valence-corrected chi connectivity index (χ1v) is 6.72. The molecule has 3 rings (SSSR count). The topological polar surface area (TPSA) is 46.6 Å². The molecule has 4 heteroatoms. The van der Waals surface area contributed by atoms with Crippen LogP contribution in [0.25, 0.3) is 5.52 Å². The fourth-order valence-electron chi connectivity index (χ4n) is 2.84. The highest BCUT2D eigenvalue weighted by atomic mass is 15.1. The number of anilines is 1. The Labute approximate surface area is 107 Å². The van der Waals surface area contributed by atoms with Crippen molar-refractivity contribution < 1.29 is 0 Å². The normalized spacial score (nSPS) is 18.5. The number of hydrogen-bond donors (Lipinski definition) is 1. The van der Waals surface area contributed by atoms with Crippen molar-refractivity contribution >= 4 is 11.2 Å². The number of nitrogens with zero attached hydrogens (tertiary/aromatic N) is 3. The Balaban J connectivity index is 1.88. The number of aromatic nitrogens is 2. The standard InChI is InChI=1S/C14H20N4/c1-2-17-7-5-11(6-8-17)14-16-9-13-4-3-12(15)10-18(13)14/h3-4,9-11H,2,5-8,15H2,1H3. The van der Waals surface area contributed by atoms with Gasteiger partial charge >= 0.3 is 0 Å². The minimum atomic E-state index is 0.567. The predicted octanol–water partition coefficient (Wildman–Crippen LogP) is 2.12. The van der Waals surface area contributed by atoms with E-state index < -0.39 is 0 Å². The number of nitrogens with two attached hydrogens (primary N) is 1. The highest BCUT2D eigenvalue weighted by molar-refractivity contribution is 5.52. The lowest BCUT2D eigenvalue weighted by Gasteiger charge is -2.30. The van der Waals surface area contributed by atoms with Crippen molar-refractivity contribution in [2.45, 2.75) is 25.7 Å². The molecule has 3 heterocycles. The quantitative estimate of drug-likeness (QED) is 0.880. The van der Waals surface area contributed by atoms with Crippen molar-refractivity contribution in [1.29, 1.82) is 0 Å². The maximum atomic E-state index is 5.87. The van der Waals surface area contributed by atoms with Crippen LogP contribution in [0.15, 0.2) is 24.5 Å². The number of likely N-dealkylation sites (tertiary alicyclic amines) is 1. The van der Waals surface area contributed by atoms with Crippen LogP contribution >= 0.6 is 0 Å². The molecule has 1 saturated heterocycles. The average Bonchev–Trinajstić information content (AvgIpc) is 2.82. The number of nitrogen functional groups attached to an aromatic ring is 1. The lowest BCUT2D eigenvalue weighted by molar-refractivity contribution is 0.219. The Hall–Kier alpha value is -1.55. The maximum absolute atomic E-state index is 5.87. The van der Waals surface area contributed by atoms with Crippen LogP contribution in [0.4, 0.5) is 5.69 Å². The van der Waals surface area contributed by atoms with Gasteiger partial charge in [-0.25, -0.2) is 4.98 Å². The molecule has 0 radical (unpaired) electrons. The Kier molecular flexibility index (Phi) is 2.96. The molecule has 0 aromatic carbocycles. The summed E-state index contributed by atoms with van der Waals surface area (Å²) in [7, 11) is 0. The zero-order chi connectivity index (χ0) is 12.5. The third-order valence-electron chi connectivity index (χ3n) is 3.98. The zero-order valence-corrected chi connectivity index (χ0v) is 10.8. The summed E-state index contributed by atoms with van der Waals surface area (Å²) < 4.78 is 2.15. The smallest absolute Gasteiger partial charge is 0.116 e. The van der Waals surface area contributed by atoms with Crippen molar-refractivity contribution in [2.75, 3.05) is 25.4 Å². The molecule has 0 unspecified atom stereocenters. The van der Waals surface area contributed by atoms with Crippen molar-refractivity contribution in [1.82, 2.24) is 14.3 Å². The highest BCUT2D eigenvalue weighted by Crippen LogP contribution is 2.27. The van der Waals surface area contributed by atoms with Crippen molar-refractivity contribution in [3.63, 3.8) is 0 Å². The second-order valence-electron chi connectivity index (χ2n) is 5.08. The van der Waals surface area contributed by atoms with E-state index in [0.717, 1.165) is 17.7 Å². The first kappa shape index (κ1) is 11.5. The summed E-state index contributed by atoms with van der Waals surface area (Å²) in [5.74, 6) is 1.74. The molecule has 4 nitrogen and oxygen atoms in total. The van der Waals surface area contributed by atoms with Crippen molar-refractivity contribution in [3.8, 4) is 0 Å². The van der Waals surface area contributed by atoms with E-state index in [2.05, 4.69) is 21.2 Å². The van der Waals surface area contributed by atoms with Gasteiger partial charge in [-0.3, -0.25) is 0 Å². The SMILES string of the molecule is CCN1CCC(c2ncc3ccc(N)cn23)CC1. The van der Waals surface area contributed by atoms with Crippen LogP contribution in [-0.2, 0) is 0 Å².